The number of hydrogen-bond donors (Lipinski definition) is 0. The molecule has 0 radical (unpaired) electrons. The molecule has 0 unspecified atom stereocenters. The number of amides is 1. The largest absolute Gasteiger partial charge is 0.481 e. The van der Waals surface area contributed by atoms with Crippen molar-refractivity contribution < 1.29 is 18.7 Å². The molecule has 1 amide bonds. The van der Waals surface area contributed by atoms with Crippen molar-refractivity contribution in [2.24, 2.45) is 0 Å². The van der Waals surface area contributed by atoms with E-state index in [1.165, 1.54) is 12.1 Å². The van der Waals surface area contributed by atoms with Gasteiger partial charge in [-0.2, -0.15) is 5.26 Å². The van der Waals surface area contributed by atoms with Crippen LogP contribution >= 0.6 is 0 Å². The first kappa shape index (κ1) is 22.7. The Kier molecular flexibility index (Phi) is 6.01. The Labute approximate surface area is 201 Å². The second kappa shape index (κ2) is 9.27. The monoisotopic (exact) mass is 474 g/mol. The molecule has 2 aliphatic rings. The molecular formula is C25H23FN6O3. The van der Waals surface area contributed by atoms with Gasteiger partial charge in [0.1, 0.15) is 17.6 Å². The molecule has 9 nitrogen and oxygen atoms in total. The van der Waals surface area contributed by atoms with Gasteiger partial charge in [-0.25, -0.2) is 19.3 Å². The number of likely N-dealkylation sites (N-methyl/N-ethyl adjacent to an activating group) is 1. The summed E-state index contributed by atoms with van der Waals surface area (Å²) in [4.78, 5) is 30.1. The quantitative estimate of drug-likeness (QED) is 0.569. The summed E-state index contributed by atoms with van der Waals surface area (Å²) < 4.78 is 26.2. The number of morpholine rings is 1. The number of hydrogen-bond acceptors (Lipinski definition) is 8. The second-order valence-corrected chi connectivity index (χ2v) is 8.42. The third-order valence-corrected chi connectivity index (χ3v) is 6.28. The molecule has 5 rings (SSSR count). The van der Waals surface area contributed by atoms with Gasteiger partial charge in [-0.3, -0.25) is 4.79 Å². The Bertz CT molecular complexity index is 1340. The van der Waals surface area contributed by atoms with Gasteiger partial charge in [0.25, 0.3) is 5.91 Å². The molecule has 1 fully saturated rings. The van der Waals surface area contributed by atoms with E-state index in [0.717, 1.165) is 5.56 Å². The molecule has 0 spiro atoms. The van der Waals surface area contributed by atoms with Gasteiger partial charge in [0.05, 0.1) is 37.6 Å². The summed E-state index contributed by atoms with van der Waals surface area (Å²) in [5.41, 5.74) is 2.62. The van der Waals surface area contributed by atoms with Gasteiger partial charge >= 0.3 is 0 Å². The van der Waals surface area contributed by atoms with Gasteiger partial charge in [0.2, 0.25) is 11.8 Å². The average molecular weight is 474 g/mol. The molecule has 2 aromatic heterocycles. The maximum Gasteiger partial charge on any atom is 0.272 e. The summed E-state index contributed by atoms with van der Waals surface area (Å²) in [5, 5.41) is 9.12. The summed E-state index contributed by atoms with van der Waals surface area (Å²) in [6.07, 6.45) is 1.88. The highest BCUT2D eigenvalue weighted by molar-refractivity contribution is 5.96. The summed E-state index contributed by atoms with van der Waals surface area (Å²) >= 11 is 0. The van der Waals surface area contributed by atoms with Crippen molar-refractivity contribution in [3.05, 3.63) is 64.7 Å². The molecular weight excluding hydrogens is 451 g/mol. The molecule has 0 aliphatic carbocycles. The first-order valence-corrected chi connectivity index (χ1v) is 11.2. The molecule has 1 aromatic carbocycles. The molecule has 4 heterocycles. The third-order valence-electron chi connectivity index (χ3n) is 6.28. The maximum atomic E-state index is 15.0. The van der Waals surface area contributed by atoms with Crippen molar-refractivity contribution in [3.63, 3.8) is 0 Å². The number of nitriles is 1. The third kappa shape index (κ3) is 4.26. The summed E-state index contributed by atoms with van der Waals surface area (Å²) in [5.74, 6) is 0.0286. The van der Waals surface area contributed by atoms with E-state index in [1.807, 2.05) is 23.1 Å². The van der Waals surface area contributed by atoms with Gasteiger partial charge in [0.15, 0.2) is 0 Å². The number of rotatable bonds is 4. The summed E-state index contributed by atoms with van der Waals surface area (Å²) in [6, 6.07) is 9.89. The summed E-state index contributed by atoms with van der Waals surface area (Å²) in [7, 11) is 3.27. The van der Waals surface area contributed by atoms with Gasteiger partial charge in [-0.15, -0.1) is 0 Å². The van der Waals surface area contributed by atoms with Crippen LogP contribution in [0.25, 0.3) is 11.3 Å². The molecule has 1 saturated heterocycles. The maximum absolute atomic E-state index is 15.0. The minimum absolute atomic E-state index is 0.217. The van der Waals surface area contributed by atoms with Crippen molar-refractivity contribution in [2.75, 3.05) is 45.3 Å². The molecule has 0 saturated carbocycles. The Balaban J connectivity index is 1.57. The molecule has 1 atom stereocenters. The predicted molar refractivity (Wildman–Crippen MR) is 125 cm³/mol. The lowest BCUT2D eigenvalue weighted by atomic mass is 9.97. The fourth-order valence-electron chi connectivity index (χ4n) is 4.36. The van der Waals surface area contributed by atoms with Crippen molar-refractivity contribution >= 4 is 11.9 Å². The van der Waals surface area contributed by atoms with Crippen LogP contribution in [0.5, 0.6) is 5.88 Å². The van der Waals surface area contributed by atoms with Crippen molar-refractivity contribution in [2.45, 2.75) is 12.5 Å². The fraction of sp³-hybridized carbons (Fsp3) is 0.320. The van der Waals surface area contributed by atoms with E-state index >= 15 is 4.39 Å². The number of carbonyl (C=O) groups excluding carboxylic acids is 1. The van der Waals surface area contributed by atoms with Crippen LogP contribution in [0.4, 0.5) is 10.3 Å². The van der Waals surface area contributed by atoms with Crippen LogP contribution in [0.3, 0.4) is 0 Å². The highest BCUT2D eigenvalue weighted by Crippen LogP contribution is 2.33. The van der Waals surface area contributed by atoms with E-state index in [1.54, 1.807) is 31.3 Å². The van der Waals surface area contributed by atoms with E-state index < -0.39 is 5.82 Å². The van der Waals surface area contributed by atoms with E-state index in [-0.39, 0.29) is 28.8 Å². The number of halogens is 1. The molecule has 3 aromatic rings. The standard InChI is InChI=1S/C25H23FN6O3/c1-31-8-6-18-22(17-4-3-15(13-27)11-19(17)26)29-25(30-23(18)24(31)33)32-9-10-35-20(14-32)16-5-7-28-21(12-16)34-2/h3-5,7,11-12,20H,6,8-10,14H2,1-2H3/t20-/m1/s1. The lowest BCUT2D eigenvalue weighted by molar-refractivity contribution is 0.0390. The predicted octanol–water partition coefficient (Wildman–Crippen LogP) is 2.76. The average Bonchev–Trinajstić information content (AvgIpc) is 2.90. The Morgan fingerprint density at radius 3 is 2.80 bits per heavy atom. The fourth-order valence-corrected chi connectivity index (χ4v) is 4.36. The number of methoxy groups -OCH3 is 1. The molecule has 10 heteroatoms. The van der Waals surface area contributed by atoms with Crippen LogP contribution in [-0.4, -0.2) is 66.2 Å². The Hall–Kier alpha value is -4.10. The molecule has 35 heavy (non-hydrogen) atoms. The first-order chi connectivity index (χ1) is 17.0. The van der Waals surface area contributed by atoms with Crippen LogP contribution in [0.15, 0.2) is 36.5 Å². The number of fused-ring (bicyclic) bond motifs is 1. The second-order valence-electron chi connectivity index (χ2n) is 8.42. The highest BCUT2D eigenvalue weighted by atomic mass is 19.1. The van der Waals surface area contributed by atoms with Crippen LogP contribution < -0.4 is 9.64 Å². The number of anilines is 1. The molecule has 0 N–H and O–H groups in total. The minimum Gasteiger partial charge on any atom is -0.481 e. The van der Waals surface area contributed by atoms with Crippen LogP contribution in [0.1, 0.15) is 33.3 Å². The van der Waals surface area contributed by atoms with Gasteiger partial charge < -0.3 is 19.3 Å². The Morgan fingerprint density at radius 2 is 2.03 bits per heavy atom. The lowest BCUT2D eigenvalue weighted by Crippen LogP contribution is -2.41. The number of ether oxygens (including phenoxy) is 2. The number of carbonyl (C=O) groups is 1. The smallest absolute Gasteiger partial charge is 0.272 e. The van der Waals surface area contributed by atoms with Gasteiger partial charge in [-0.05, 0) is 36.2 Å². The van der Waals surface area contributed by atoms with Crippen LogP contribution in [0, 0.1) is 17.1 Å². The normalized spacial score (nSPS) is 17.7. The number of pyridine rings is 1. The van der Waals surface area contributed by atoms with Gasteiger partial charge in [-0.1, -0.05) is 0 Å². The topological polar surface area (TPSA) is 104 Å². The van der Waals surface area contributed by atoms with Crippen LogP contribution in [-0.2, 0) is 11.2 Å². The number of nitrogens with zero attached hydrogens (tertiary/aromatic N) is 6. The van der Waals surface area contributed by atoms with Crippen molar-refractivity contribution in [1.82, 2.24) is 19.9 Å². The molecule has 178 valence electrons. The zero-order chi connectivity index (χ0) is 24.5. The van der Waals surface area contributed by atoms with Crippen LogP contribution in [0.2, 0.25) is 0 Å². The van der Waals surface area contributed by atoms with E-state index in [4.69, 9.17) is 19.7 Å². The highest BCUT2D eigenvalue weighted by Gasteiger charge is 2.31. The number of benzene rings is 1. The molecule has 2 aliphatic heterocycles. The van der Waals surface area contributed by atoms with Crippen molar-refractivity contribution in [1.29, 1.82) is 5.26 Å². The van der Waals surface area contributed by atoms with E-state index in [9.17, 15) is 4.79 Å². The molecule has 0 bridgehead atoms. The minimum atomic E-state index is -0.564. The Morgan fingerprint density at radius 1 is 1.20 bits per heavy atom. The van der Waals surface area contributed by atoms with E-state index in [2.05, 4.69) is 9.97 Å². The lowest BCUT2D eigenvalue weighted by Gasteiger charge is -2.34. The SMILES string of the molecule is COc1cc([C@H]2CN(c3nc4c(c(-c5ccc(C#N)cc5F)n3)CCN(C)C4=O)CCO2)ccn1. The zero-order valence-electron chi connectivity index (χ0n) is 19.4. The van der Waals surface area contributed by atoms with Gasteiger partial charge in [0, 0.05) is 43.5 Å². The number of aromatic nitrogens is 3. The summed E-state index contributed by atoms with van der Waals surface area (Å²) in [6.45, 7) is 1.86. The first-order valence-electron chi connectivity index (χ1n) is 11.2. The van der Waals surface area contributed by atoms with Crippen molar-refractivity contribution in [3.8, 4) is 23.2 Å². The van der Waals surface area contributed by atoms with E-state index in [0.29, 0.717) is 55.7 Å². The zero-order valence-corrected chi connectivity index (χ0v) is 19.4.